The zero-order chi connectivity index (χ0) is 26.2. The number of benzene rings is 3. The number of rotatable bonds is 6. The van der Waals surface area contributed by atoms with Gasteiger partial charge in [0.05, 0.1) is 6.10 Å². The van der Waals surface area contributed by atoms with Crippen molar-refractivity contribution in [1.29, 1.82) is 5.41 Å². The first-order chi connectivity index (χ1) is 17.8. The number of hydrogen-bond acceptors (Lipinski definition) is 4. The van der Waals surface area contributed by atoms with Gasteiger partial charge in [-0.2, -0.15) is 0 Å². The lowest BCUT2D eigenvalue weighted by molar-refractivity contribution is -0.140. The average molecular weight is 500 g/mol. The van der Waals surface area contributed by atoms with E-state index in [4.69, 9.17) is 15.9 Å². The number of nitrogens with one attached hydrogen (secondary N) is 1. The maximum absolute atomic E-state index is 13.0. The molecule has 0 saturated heterocycles. The standard InChI is InChI=1S/C31H37N3O3/c1-20(2)37-24-12-13-25-21(17-24)9-8-10-23(25)19-34-27-18-22(29(32)33)11-14-26(27)31(28(34)30(35)36)15-6-4-3-5-7-16-31/h8-14,17-18,20,28H,3-7,15-16,19H2,1-2H3,(H3,32,33)(H,35,36). The minimum Gasteiger partial charge on any atom is -0.491 e. The van der Waals surface area contributed by atoms with E-state index in [1.807, 2.05) is 44.2 Å². The molecular formula is C31H37N3O3. The van der Waals surface area contributed by atoms with E-state index >= 15 is 0 Å². The molecule has 0 amide bonds. The number of nitrogens with zero attached hydrogens (tertiary/aromatic N) is 1. The molecule has 3 aromatic carbocycles. The molecule has 0 radical (unpaired) electrons. The maximum atomic E-state index is 13.0. The van der Waals surface area contributed by atoms with Crippen LogP contribution in [0.15, 0.2) is 54.6 Å². The lowest BCUT2D eigenvalue weighted by atomic mass is 9.68. The van der Waals surface area contributed by atoms with Crippen molar-refractivity contribution in [3.05, 3.63) is 71.3 Å². The molecule has 2 aliphatic rings. The Kier molecular flexibility index (Phi) is 6.84. The van der Waals surface area contributed by atoms with Crippen molar-refractivity contribution in [1.82, 2.24) is 0 Å². The van der Waals surface area contributed by atoms with Crippen molar-refractivity contribution in [2.45, 2.75) is 82.9 Å². The Hall–Kier alpha value is -3.54. The Morgan fingerprint density at radius 1 is 1.08 bits per heavy atom. The van der Waals surface area contributed by atoms with Crippen LogP contribution in [0, 0.1) is 5.41 Å². The zero-order valence-corrected chi connectivity index (χ0v) is 21.8. The highest BCUT2D eigenvalue weighted by atomic mass is 16.5. The van der Waals surface area contributed by atoms with Crippen molar-refractivity contribution in [3.63, 3.8) is 0 Å². The van der Waals surface area contributed by atoms with Gasteiger partial charge in [-0.25, -0.2) is 4.79 Å². The topological polar surface area (TPSA) is 99.6 Å². The van der Waals surface area contributed by atoms with E-state index in [0.717, 1.165) is 71.9 Å². The van der Waals surface area contributed by atoms with Gasteiger partial charge in [-0.05, 0) is 66.8 Å². The highest BCUT2D eigenvalue weighted by Gasteiger charge is 2.54. The number of nitrogens with two attached hydrogens (primary N) is 1. The van der Waals surface area contributed by atoms with Gasteiger partial charge in [0.15, 0.2) is 0 Å². The van der Waals surface area contributed by atoms with Gasteiger partial charge in [-0.3, -0.25) is 5.41 Å². The Morgan fingerprint density at radius 3 is 2.49 bits per heavy atom. The number of amidine groups is 1. The van der Waals surface area contributed by atoms with E-state index in [2.05, 4.69) is 29.2 Å². The summed E-state index contributed by atoms with van der Waals surface area (Å²) in [5.41, 5.74) is 9.13. The average Bonchev–Trinajstić information content (AvgIpc) is 3.10. The smallest absolute Gasteiger partial charge is 0.327 e. The number of ether oxygens (including phenoxy) is 1. The molecule has 4 N–H and O–H groups in total. The second-order valence-electron chi connectivity index (χ2n) is 10.9. The second-order valence-corrected chi connectivity index (χ2v) is 10.9. The summed E-state index contributed by atoms with van der Waals surface area (Å²) in [6, 6.07) is 17.5. The number of anilines is 1. The van der Waals surface area contributed by atoms with Gasteiger partial charge >= 0.3 is 5.97 Å². The van der Waals surface area contributed by atoms with Crippen molar-refractivity contribution >= 4 is 28.3 Å². The molecule has 0 bridgehead atoms. The summed E-state index contributed by atoms with van der Waals surface area (Å²) < 4.78 is 5.90. The Bertz CT molecular complexity index is 1320. The quantitative estimate of drug-likeness (QED) is 0.270. The molecule has 1 spiro atoms. The van der Waals surface area contributed by atoms with E-state index in [0.29, 0.717) is 12.1 Å². The lowest BCUT2D eigenvalue weighted by Gasteiger charge is -2.38. The summed E-state index contributed by atoms with van der Waals surface area (Å²) >= 11 is 0. The Morgan fingerprint density at radius 2 is 1.81 bits per heavy atom. The van der Waals surface area contributed by atoms with Gasteiger partial charge in [0.25, 0.3) is 0 Å². The molecule has 1 aliphatic carbocycles. The molecule has 0 aromatic heterocycles. The largest absolute Gasteiger partial charge is 0.491 e. The first kappa shape index (κ1) is 25.1. The molecule has 1 aliphatic heterocycles. The van der Waals surface area contributed by atoms with E-state index in [1.165, 1.54) is 6.42 Å². The zero-order valence-electron chi connectivity index (χ0n) is 21.8. The molecule has 1 saturated carbocycles. The number of carboxylic acids is 1. The number of hydrogen-bond donors (Lipinski definition) is 3. The van der Waals surface area contributed by atoms with Crippen molar-refractivity contribution in [2.24, 2.45) is 5.73 Å². The van der Waals surface area contributed by atoms with E-state index < -0.39 is 17.4 Å². The number of nitrogen functional groups attached to an aromatic ring is 1. The van der Waals surface area contributed by atoms with Crippen molar-refractivity contribution in [3.8, 4) is 5.75 Å². The first-order valence-electron chi connectivity index (χ1n) is 13.5. The van der Waals surface area contributed by atoms with E-state index in [-0.39, 0.29) is 11.9 Å². The molecule has 1 unspecified atom stereocenters. The van der Waals surface area contributed by atoms with Crippen LogP contribution in [0.5, 0.6) is 5.75 Å². The van der Waals surface area contributed by atoms with Crippen molar-refractivity contribution < 1.29 is 14.6 Å². The normalized spacial score (nSPS) is 19.0. The van der Waals surface area contributed by atoms with Gasteiger partial charge in [-0.15, -0.1) is 0 Å². The minimum atomic E-state index is -0.783. The van der Waals surface area contributed by atoms with Crippen LogP contribution < -0.4 is 15.4 Å². The molecule has 194 valence electrons. The molecule has 6 heteroatoms. The van der Waals surface area contributed by atoms with Crippen LogP contribution in [-0.2, 0) is 16.8 Å². The fourth-order valence-electron chi connectivity index (χ4n) is 6.56. The van der Waals surface area contributed by atoms with Gasteiger partial charge in [-0.1, -0.05) is 68.5 Å². The fraction of sp³-hybridized carbons (Fsp3) is 0.419. The SMILES string of the molecule is CC(C)Oc1ccc2c(CN3c4cc(C(=N)N)ccc4C4(CCCCCCC4)C3C(=O)O)cccc2c1. The summed E-state index contributed by atoms with van der Waals surface area (Å²) in [4.78, 5) is 15.1. The highest BCUT2D eigenvalue weighted by molar-refractivity contribution is 5.97. The van der Waals surface area contributed by atoms with E-state index in [9.17, 15) is 9.90 Å². The predicted molar refractivity (Wildman–Crippen MR) is 149 cm³/mol. The summed E-state index contributed by atoms with van der Waals surface area (Å²) in [7, 11) is 0. The van der Waals surface area contributed by atoms with Gasteiger partial charge in [0.1, 0.15) is 17.6 Å². The molecule has 3 aromatic rings. The first-order valence-corrected chi connectivity index (χ1v) is 13.5. The summed E-state index contributed by atoms with van der Waals surface area (Å²) in [6.07, 6.45) is 7.35. The molecule has 37 heavy (non-hydrogen) atoms. The fourth-order valence-corrected chi connectivity index (χ4v) is 6.56. The molecule has 6 nitrogen and oxygen atoms in total. The highest BCUT2D eigenvalue weighted by Crippen LogP contribution is 2.53. The molecule has 5 rings (SSSR count). The van der Waals surface area contributed by atoms with Crippen LogP contribution in [-0.4, -0.2) is 29.1 Å². The molecule has 1 atom stereocenters. The van der Waals surface area contributed by atoms with Crippen LogP contribution in [0.3, 0.4) is 0 Å². The van der Waals surface area contributed by atoms with Gasteiger partial charge < -0.3 is 20.5 Å². The van der Waals surface area contributed by atoms with Crippen LogP contribution in [0.2, 0.25) is 0 Å². The molecule has 1 fully saturated rings. The van der Waals surface area contributed by atoms with Crippen LogP contribution in [0.1, 0.15) is 75.5 Å². The lowest BCUT2D eigenvalue weighted by Crippen LogP contribution is -2.50. The van der Waals surface area contributed by atoms with Crippen LogP contribution in [0.4, 0.5) is 5.69 Å². The number of fused-ring (bicyclic) bond motifs is 3. The third-order valence-corrected chi connectivity index (χ3v) is 8.12. The Labute approximate surface area is 218 Å². The minimum absolute atomic E-state index is 0.00363. The van der Waals surface area contributed by atoms with Crippen molar-refractivity contribution in [2.75, 3.05) is 4.90 Å². The second kappa shape index (κ2) is 10.1. The molecule has 1 heterocycles. The summed E-state index contributed by atoms with van der Waals surface area (Å²) in [5, 5.41) is 20.9. The van der Waals surface area contributed by atoms with Crippen LogP contribution in [0.25, 0.3) is 10.8 Å². The predicted octanol–water partition coefficient (Wildman–Crippen LogP) is 6.37. The summed E-state index contributed by atoms with van der Waals surface area (Å²) in [6.45, 7) is 4.49. The number of aliphatic carboxylic acids is 1. The monoisotopic (exact) mass is 499 g/mol. The number of carbonyl (C=O) groups is 1. The molecular weight excluding hydrogens is 462 g/mol. The maximum Gasteiger partial charge on any atom is 0.327 e. The Balaban J connectivity index is 1.62. The van der Waals surface area contributed by atoms with Gasteiger partial charge in [0, 0.05) is 23.2 Å². The third kappa shape index (κ3) is 4.65. The van der Waals surface area contributed by atoms with Gasteiger partial charge in [0.2, 0.25) is 0 Å². The van der Waals surface area contributed by atoms with Crippen LogP contribution >= 0.6 is 0 Å². The number of carboxylic acid groups (broad SMARTS) is 1. The third-order valence-electron chi connectivity index (χ3n) is 8.12. The van der Waals surface area contributed by atoms with E-state index in [1.54, 1.807) is 0 Å². The summed E-state index contributed by atoms with van der Waals surface area (Å²) in [5.74, 6) is 0.0410.